The number of nitrogens with zero attached hydrogens (tertiary/aromatic N) is 2. The van der Waals surface area contributed by atoms with Crippen molar-refractivity contribution in [1.29, 1.82) is 0 Å². The van der Waals surface area contributed by atoms with Gasteiger partial charge < -0.3 is 5.32 Å². The van der Waals surface area contributed by atoms with Crippen LogP contribution in [0.15, 0.2) is 60.9 Å². The standard InChI is InChI=1S/C21H23N3O/c1-16-4-7-19(17(2)14-16)10-12-22-21(25)20-8-5-18(6-9-20)15-24-13-3-11-23-24/h3-9,11,13-14H,10,12,15H2,1-2H3,(H,22,25). The molecule has 0 unspecified atom stereocenters. The molecule has 0 atom stereocenters. The Labute approximate surface area is 148 Å². The van der Waals surface area contributed by atoms with Gasteiger partial charge in [0.1, 0.15) is 0 Å². The average molecular weight is 333 g/mol. The van der Waals surface area contributed by atoms with Gasteiger partial charge in [-0.1, -0.05) is 35.9 Å². The SMILES string of the molecule is Cc1ccc(CCNC(=O)c2ccc(Cn3cccn3)cc2)c(C)c1. The van der Waals surface area contributed by atoms with E-state index in [0.29, 0.717) is 18.7 Å². The zero-order chi connectivity index (χ0) is 17.6. The predicted molar refractivity (Wildman–Crippen MR) is 99.7 cm³/mol. The molecule has 0 saturated heterocycles. The molecular formula is C21H23N3O. The number of hydrogen-bond donors (Lipinski definition) is 1. The van der Waals surface area contributed by atoms with Crippen LogP contribution in [0.25, 0.3) is 0 Å². The monoisotopic (exact) mass is 333 g/mol. The molecule has 1 heterocycles. The highest BCUT2D eigenvalue weighted by Crippen LogP contribution is 2.11. The molecule has 3 rings (SSSR count). The van der Waals surface area contributed by atoms with Gasteiger partial charge in [-0.15, -0.1) is 0 Å². The molecule has 1 amide bonds. The first kappa shape index (κ1) is 17.0. The third kappa shape index (κ3) is 4.57. The molecule has 0 saturated carbocycles. The van der Waals surface area contributed by atoms with Crippen LogP contribution in [-0.2, 0) is 13.0 Å². The van der Waals surface area contributed by atoms with E-state index in [1.54, 1.807) is 6.20 Å². The average Bonchev–Trinajstić information content (AvgIpc) is 3.10. The highest BCUT2D eigenvalue weighted by atomic mass is 16.1. The fourth-order valence-corrected chi connectivity index (χ4v) is 2.88. The molecule has 2 aromatic carbocycles. The van der Waals surface area contributed by atoms with Crippen LogP contribution in [0.3, 0.4) is 0 Å². The quantitative estimate of drug-likeness (QED) is 0.750. The summed E-state index contributed by atoms with van der Waals surface area (Å²) in [7, 11) is 0. The summed E-state index contributed by atoms with van der Waals surface area (Å²) in [4.78, 5) is 12.3. The van der Waals surface area contributed by atoms with Crippen molar-refractivity contribution in [3.8, 4) is 0 Å². The summed E-state index contributed by atoms with van der Waals surface area (Å²) in [5, 5.41) is 7.19. The summed E-state index contributed by atoms with van der Waals surface area (Å²) >= 11 is 0. The molecule has 3 aromatic rings. The third-order valence-electron chi connectivity index (χ3n) is 4.30. The van der Waals surface area contributed by atoms with Crippen LogP contribution < -0.4 is 5.32 Å². The molecule has 0 bridgehead atoms. The van der Waals surface area contributed by atoms with Gasteiger partial charge in [0.05, 0.1) is 6.54 Å². The van der Waals surface area contributed by atoms with E-state index >= 15 is 0 Å². The highest BCUT2D eigenvalue weighted by molar-refractivity contribution is 5.94. The Balaban J connectivity index is 1.52. The van der Waals surface area contributed by atoms with Crippen molar-refractivity contribution < 1.29 is 4.79 Å². The minimum atomic E-state index is -0.0320. The van der Waals surface area contributed by atoms with E-state index in [1.807, 2.05) is 41.2 Å². The number of aryl methyl sites for hydroxylation is 2. The van der Waals surface area contributed by atoms with Crippen LogP contribution in [0.4, 0.5) is 0 Å². The second kappa shape index (κ2) is 7.79. The fraction of sp³-hybridized carbons (Fsp3) is 0.238. The van der Waals surface area contributed by atoms with Gasteiger partial charge in [-0.25, -0.2) is 0 Å². The molecule has 4 heteroatoms. The van der Waals surface area contributed by atoms with E-state index in [2.05, 4.69) is 42.5 Å². The Bertz CT molecular complexity index is 836. The molecule has 1 aromatic heterocycles. The van der Waals surface area contributed by atoms with Gasteiger partial charge in [-0.2, -0.15) is 5.10 Å². The lowest BCUT2D eigenvalue weighted by Crippen LogP contribution is -2.25. The van der Waals surface area contributed by atoms with Crippen molar-refractivity contribution in [1.82, 2.24) is 15.1 Å². The van der Waals surface area contributed by atoms with Gasteiger partial charge in [0, 0.05) is 24.5 Å². The smallest absolute Gasteiger partial charge is 0.251 e. The Morgan fingerprint density at radius 1 is 1.12 bits per heavy atom. The topological polar surface area (TPSA) is 46.9 Å². The summed E-state index contributed by atoms with van der Waals surface area (Å²) in [6.07, 6.45) is 4.53. The summed E-state index contributed by atoms with van der Waals surface area (Å²) in [6.45, 7) is 5.55. The first-order valence-electron chi connectivity index (χ1n) is 8.52. The minimum Gasteiger partial charge on any atom is -0.352 e. The number of nitrogens with one attached hydrogen (secondary N) is 1. The van der Waals surface area contributed by atoms with E-state index in [4.69, 9.17) is 0 Å². The zero-order valence-corrected chi connectivity index (χ0v) is 14.7. The molecule has 0 aliphatic rings. The van der Waals surface area contributed by atoms with Gasteiger partial charge in [0.15, 0.2) is 0 Å². The predicted octanol–water partition coefficient (Wildman–Crippen LogP) is 3.52. The van der Waals surface area contributed by atoms with E-state index < -0.39 is 0 Å². The maximum Gasteiger partial charge on any atom is 0.251 e. The molecule has 0 spiro atoms. The summed E-state index contributed by atoms with van der Waals surface area (Å²) in [6, 6.07) is 16.0. The van der Waals surface area contributed by atoms with E-state index in [1.165, 1.54) is 16.7 Å². The Hall–Kier alpha value is -2.88. The lowest BCUT2D eigenvalue weighted by atomic mass is 10.0. The van der Waals surface area contributed by atoms with Gasteiger partial charge in [-0.05, 0) is 55.2 Å². The molecule has 0 aliphatic heterocycles. The molecule has 1 N–H and O–H groups in total. The van der Waals surface area contributed by atoms with Crippen molar-refractivity contribution in [3.63, 3.8) is 0 Å². The number of benzene rings is 2. The fourth-order valence-electron chi connectivity index (χ4n) is 2.88. The molecule has 4 nitrogen and oxygen atoms in total. The van der Waals surface area contributed by atoms with E-state index in [9.17, 15) is 4.79 Å². The van der Waals surface area contributed by atoms with Crippen molar-refractivity contribution in [2.24, 2.45) is 0 Å². The molecule has 0 radical (unpaired) electrons. The number of carbonyl (C=O) groups excluding carboxylic acids is 1. The van der Waals surface area contributed by atoms with E-state index in [-0.39, 0.29) is 5.91 Å². The van der Waals surface area contributed by atoms with Crippen LogP contribution >= 0.6 is 0 Å². The Morgan fingerprint density at radius 2 is 1.92 bits per heavy atom. The first-order valence-corrected chi connectivity index (χ1v) is 8.52. The molecule has 128 valence electrons. The summed E-state index contributed by atoms with van der Waals surface area (Å²) in [5.41, 5.74) is 5.62. The number of aromatic nitrogens is 2. The number of rotatable bonds is 6. The van der Waals surface area contributed by atoms with Gasteiger partial charge >= 0.3 is 0 Å². The molecule has 25 heavy (non-hydrogen) atoms. The van der Waals surface area contributed by atoms with Gasteiger partial charge in [0.25, 0.3) is 5.91 Å². The number of hydrogen-bond acceptors (Lipinski definition) is 2. The second-order valence-electron chi connectivity index (χ2n) is 6.34. The first-order chi connectivity index (χ1) is 12.1. The number of amides is 1. The second-order valence-corrected chi connectivity index (χ2v) is 6.34. The van der Waals surface area contributed by atoms with Crippen molar-refractivity contribution >= 4 is 5.91 Å². The highest BCUT2D eigenvalue weighted by Gasteiger charge is 2.06. The maximum atomic E-state index is 12.3. The van der Waals surface area contributed by atoms with Crippen molar-refractivity contribution in [3.05, 3.63) is 88.7 Å². The largest absolute Gasteiger partial charge is 0.352 e. The van der Waals surface area contributed by atoms with Crippen molar-refractivity contribution in [2.75, 3.05) is 6.54 Å². The number of carbonyl (C=O) groups is 1. The summed E-state index contributed by atoms with van der Waals surface area (Å²) in [5.74, 6) is -0.0320. The zero-order valence-electron chi connectivity index (χ0n) is 14.7. The van der Waals surface area contributed by atoms with Gasteiger partial charge in [0.2, 0.25) is 0 Å². The minimum absolute atomic E-state index is 0.0320. The van der Waals surface area contributed by atoms with Crippen LogP contribution in [-0.4, -0.2) is 22.2 Å². The Kier molecular flexibility index (Phi) is 5.29. The molecule has 0 aliphatic carbocycles. The normalized spacial score (nSPS) is 10.6. The lowest BCUT2D eigenvalue weighted by Gasteiger charge is -2.09. The molecular weight excluding hydrogens is 310 g/mol. The summed E-state index contributed by atoms with van der Waals surface area (Å²) < 4.78 is 1.86. The van der Waals surface area contributed by atoms with Gasteiger partial charge in [-0.3, -0.25) is 9.48 Å². The lowest BCUT2D eigenvalue weighted by molar-refractivity contribution is 0.0954. The van der Waals surface area contributed by atoms with Crippen LogP contribution in [0, 0.1) is 13.8 Å². The van der Waals surface area contributed by atoms with Crippen LogP contribution in [0.5, 0.6) is 0 Å². The van der Waals surface area contributed by atoms with E-state index in [0.717, 1.165) is 12.0 Å². The van der Waals surface area contributed by atoms with Crippen LogP contribution in [0.1, 0.15) is 32.6 Å². The maximum absolute atomic E-state index is 12.3. The Morgan fingerprint density at radius 3 is 2.60 bits per heavy atom. The van der Waals surface area contributed by atoms with Crippen molar-refractivity contribution in [2.45, 2.75) is 26.8 Å². The third-order valence-corrected chi connectivity index (χ3v) is 4.30. The van der Waals surface area contributed by atoms with Crippen LogP contribution in [0.2, 0.25) is 0 Å². The molecule has 0 fully saturated rings.